The Bertz CT molecular complexity index is 332. The number of ketones is 1. The van der Waals surface area contributed by atoms with Crippen molar-refractivity contribution in [2.24, 2.45) is 0 Å². The summed E-state index contributed by atoms with van der Waals surface area (Å²) in [7, 11) is 1.25. The highest BCUT2D eigenvalue weighted by Gasteiger charge is 2.13. The van der Waals surface area contributed by atoms with Gasteiger partial charge in [-0.2, -0.15) is 0 Å². The molecule has 5 heteroatoms. The lowest BCUT2D eigenvalue weighted by molar-refractivity contribution is -0.139. The third kappa shape index (κ3) is 2.82. The Morgan fingerprint density at radius 1 is 1.54 bits per heavy atom. The number of carbonyl (C=O) groups is 2. The van der Waals surface area contributed by atoms with Crippen LogP contribution in [0.3, 0.4) is 0 Å². The molecule has 70 valence electrons. The van der Waals surface area contributed by atoms with Gasteiger partial charge in [0, 0.05) is 0 Å². The number of carbonyl (C=O) groups excluding carboxylic acids is 2. The molecule has 1 aromatic heterocycles. The summed E-state index contributed by atoms with van der Waals surface area (Å²) < 4.78 is 4.90. The van der Waals surface area contributed by atoms with Crippen molar-refractivity contribution >= 4 is 34.7 Å². The van der Waals surface area contributed by atoms with Gasteiger partial charge in [0.2, 0.25) is 0 Å². The number of halogens is 1. The zero-order valence-electron chi connectivity index (χ0n) is 6.87. The van der Waals surface area contributed by atoms with Crippen LogP contribution in [0.5, 0.6) is 0 Å². The fraction of sp³-hybridized carbons (Fsp3) is 0.250. The van der Waals surface area contributed by atoms with Crippen LogP contribution in [0.1, 0.15) is 16.1 Å². The first-order valence-corrected chi connectivity index (χ1v) is 4.68. The van der Waals surface area contributed by atoms with Gasteiger partial charge in [-0.1, -0.05) is 11.6 Å². The van der Waals surface area contributed by atoms with E-state index in [1.165, 1.54) is 7.11 Å². The van der Waals surface area contributed by atoms with Crippen molar-refractivity contribution in [3.8, 4) is 0 Å². The number of methoxy groups -OCH3 is 1. The molecule has 0 spiro atoms. The first-order valence-electron chi connectivity index (χ1n) is 3.49. The Morgan fingerprint density at radius 3 is 2.69 bits per heavy atom. The van der Waals surface area contributed by atoms with Crippen molar-refractivity contribution in [1.82, 2.24) is 0 Å². The van der Waals surface area contributed by atoms with Gasteiger partial charge in [-0.15, -0.1) is 11.3 Å². The lowest BCUT2D eigenvalue weighted by Crippen LogP contribution is -2.07. The van der Waals surface area contributed by atoms with Crippen LogP contribution < -0.4 is 0 Å². The monoisotopic (exact) mass is 218 g/mol. The SMILES string of the molecule is COC(=O)CC(=O)c1ccc(Cl)s1. The predicted octanol–water partition coefficient (Wildman–Crippen LogP) is 2.15. The van der Waals surface area contributed by atoms with Crippen molar-refractivity contribution in [2.45, 2.75) is 6.42 Å². The molecule has 0 radical (unpaired) electrons. The van der Waals surface area contributed by atoms with Crippen LogP contribution in [0, 0.1) is 0 Å². The quantitative estimate of drug-likeness (QED) is 0.444. The second kappa shape index (κ2) is 4.39. The fourth-order valence-electron chi connectivity index (χ4n) is 0.755. The Labute approximate surface area is 84.3 Å². The molecule has 0 saturated carbocycles. The normalized spacial score (nSPS) is 9.69. The molecule has 0 atom stereocenters. The first kappa shape index (κ1) is 10.2. The van der Waals surface area contributed by atoms with Crippen LogP contribution in [-0.2, 0) is 9.53 Å². The van der Waals surface area contributed by atoms with E-state index in [2.05, 4.69) is 4.74 Å². The predicted molar refractivity (Wildman–Crippen MR) is 50.3 cm³/mol. The first-order chi connectivity index (χ1) is 6.13. The van der Waals surface area contributed by atoms with E-state index in [0.717, 1.165) is 11.3 Å². The molecule has 13 heavy (non-hydrogen) atoms. The maximum Gasteiger partial charge on any atom is 0.313 e. The van der Waals surface area contributed by atoms with Crippen LogP contribution in [0.2, 0.25) is 4.34 Å². The molecular weight excluding hydrogens is 212 g/mol. The molecular formula is C8H7ClO3S. The molecule has 0 saturated heterocycles. The van der Waals surface area contributed by atoms with Gasteiger partial charge in [0.25, 0.3) is 0 Å². The van der Waals surface area contributed by atoms with Gasteiger partial charge in [-0.25, -0.2) is 0 Å². The maximum absolute atomic E-state index is 11.3. The van der Waals surface area contributed by atoms with Gasteiger partial charge in [0.1, 0.15) is 6.42 Å². The molecule has 1 rings (SSSR count). The van der Waals surface area contributed by atoms with Crippen molar-refractivity contribution in [2.75, 3.05) is 7.11 Å². The molecule has 0 aliphatic heterocycles. The fourth-order valence-corrected chi connectivity index (χ4v) is 1.74. The molecule has 0 fully saturated rings. The van der Waals surface area contributed by atoms with Crippen LogP contribution in [-0.4, -0.2) is 18.9 Å². The molecule has 0 aromatic carbocycles. The third-order valence-electron chi connectivity index (χ3n) is 1.38. The summed E-state index contributed by atoms with van der Waals surface area (Å²) >= 11 is 6.78. The van der Waals surface area contributed by atoms with Crippen LogP contribution in [0.4, 0.5) is 0 Å². The van der Waals surface area contributed by atoms with Gasteiger partial charge in [0.05, 0.1) is 16.3 Å². The molecule has 0 aliphatic carbocycles. The van der Waals surface area contributed by atoms with Gasteiger partial charge < -0.3 is 4.74 Å². The number of Topliss-reactive ketones (excluding diaryl/α,β-unsaturated/α-hetero) is 1. The summed E-state index contributed by atoms with van der Waals surface area (Å²) in [4.78, 5) is 22.5. The summed E-state index contributed by atoms with van der Waals surface area (Å²) in [6.07, 6.45) is -0.229. The van der Waals surface area contributed by atoms with Crippen molar-refractivity contribution in [3.05, 3.63) is 21.3 Å². The Balaban J connectivity index is 2.64. The highest BCUT2D eigenvalue weighted by atomic mass is 35.5. The van der Waals surface area contributed by atoms with Crippen LogP contribution in [0.25, 0.3) is 0 Å². The largest absolute Gasteiger partial charge is 0.469 e. The second-order valence-electron chi connectivity index (χ2n) is 2.28. The number of hydrogen-bond donors (Lipinski definition) is 0. The topological polar surface area (TPSA) is 43.4 Å². The zero-order chi connectivity index (χ0) is 9.84. The van der Waals surface area contributed by atoms with E-state index in [1.54, 1.807) is 12.1 Å². The van der Waals surface area contributed by atoms with Crippen molar-refractivity contribution < 1.29 is 14.3 Å². The summed E-state index contributed by atoms with van der Waals surface area (Å²) in [5.41, 5.74) is 0. The summed E-state index contributed by atoms with van der Waals surface area (Å²) in [6.45, 7) is 0. The summed E-state index contributed by atoms with van der Waals surface area (Å²) in [5.74, 6) is -0.793. The second-order valence-corrected chi connectivity index (χ2v) is 3.99. The molecule has 1 heterocycles. The Morgan fingerprint density at radius 2 is 2.23 bits per heavy atom. The van der Waals surface area contributed by atoms with Gasteiger partial charge in [-0.05, 0) is 12.1 Å². The number of thiophene rings is 1. The number of hydrogen-bond acceptors (Lipinski definition) is 4. The molecule has 3 nitrogen and oxygen atoms in total. The minimum Gasteiger partial charge on any atom is -0.469 e. The molecule has 0 amide bonds. The Kier molecular flexibility index (Phi) is 3.45. The summed E-state index contributed by atoms with van der Waals surface area (Å²) in [5, 5.41) is 0. The van der Waals surface area contributed by atoms with E-state index in [4.69, 9.17) is 11.6 Å². The van der Waals surface area contributed by atoms with Gasteiger partial charge >= 0.3 is 5.97 Å². The molecule has 0 N–H and O–H groups in total. The van der Waals surface area contributed by atoms with Crippen molar-refractivity contribution in [3.63, 3.8) is 0 Å². The minimum absolute atomic E-state index is 0.229. The number of rotatable bonds is 3. The minimum atomic E-state index is -0.533. The third-order valence-corrected chi connectivity index (χ3v) is 2.65. The molecule has 0 unspecified atom stereocenters. The maximum atomic E-state index is 11.3. The van der Waals surface area contributed by atoms with Gasteiger partial charge in [0.15, 0.2) is 5.78 Å². The summed E-state index contributed by atoms with van der Waals surface area (Å²) in [6, 6.07) is 3.22. The highest BCUT2D eigenvalue weighted by Crippen LogP contribution is 2.22. The molecule has 1 aromatic rings. The van der Waals surface area contributed by atoms with E-state index in [0.29, 0.717) is 9.21 Å². The smallest absolute Gasteiger partial charge is 0.313 e. The number of esters is 1. The van der Waals surface area contributed by atoms with Crippen LogP contribution >= 0.6 is 22.9 Å². The average Bonchev–Trinajstić information content (AvgIpc) is 2.51. The molecule has 0 bridgehead atoms. The molecule has 0 aliphatic rings. The lowest BCUT2D eigenvalue weighted by atomic mass is 10.2. The highest BCUT2D eigenvalue weighted by molar-refractivity contribution is 7.18. The average molecular weight is 219 g/mol. The lowest BCUT2D eigenvalue weighted by Gasteiger charge is -1.95. The van der Waals surface area contributed by atoms with Crippen molar-refractivity contribution in [1.29, 1.82) is 0 Å². The zero-order valence-corrected chi connectivity index (χ0v) is 8.45. The number of ether oxygens (including phenoxy) is 1. The van der Waals surface area contributed by atoms with E-state index in [9.17, 15) is 9.59 Å². The van der Waals surface area contributed by atoms with E-state index in [1.807, 2.05) is 0 Å². The van der Waals surface area contributed by atoms with Crippen LogP contribution in [0.15, 0.2) is 12.1 Å². The van der Waals surface area contributed by atoms with E-state index < -0.39 is 5.97 Å². The van der Waals surface area contributed by atoms with E-state index in [-0.39, 0.29) is 12.2 Å². The van der Waals surface area contributed by atoms with E-state index >= 15 is 0 Å². The standard InChI is InChI=1S/C8H7ClO3S/c1-12-8(11)4-5(10)6-2-3-7(9)13-6/h2-3H,4H2,1H3. The van der Waals surface area contributed by atoms with Gasteiger partial charge in [-0.3, -0.25) is 9.59 Å². The Hall–Kier alpha value is -0.870.